The quantitative estimate of drug-likeness (QED) is 0.458. The first kappa shape index (κ1) is 18.8. The molecule has 0 aliphatic rings. The van der Waals surface area contributed by atoms with Crippen molar-refractivity contribution in [1.29, 1.82) is 0 Å². The van der Waals surface area contributed by atoms with E-state index in [0.29, 0.717) is 17.2 Å². The van der Waals surface area contributed by atoms with Gasteiger partial charge in [-0.3, -0.25) is 0 Å². The summed E-state index contributed by atoms with van der Waals surface area (Å²) in [6, 6.07) is 23.0. The summed E-state index contributed by atoms with van der Waals surface area (Å²) in [6.45, 7) is 6.06. The van der Waals surface area contributed by atoms with E-state index >= 15 is 0 Å². The van der Waals surface area contributed by atoms with E-state index < -0.39 is 16.7 Å². The van der Waals surface area contributed by atoms with Gasteiger partial charge in [0.2, 0.25) is 0 Å². The van der Waals surface area contributed by atoms with Gasteiger partial charge in [-0.05, 0) is 0 Å². The summed E-state index contributed by atoms with van der Waals surface area (Å²) >= 11 is -4.15. The zero-order valence-electron chi connectivity index (χ0n) is 15.0. The van der Waals surface area contributed by atoms with Crippen molar-refractivity contribution in [2.75, 3.05) is 0 Å². The third-order valence-electron chi connectivity index (χ3n) is 3.78. The van der Waals surface area contributed by atoms with Gasteiger partial charge in [0.05, 0.1) is 0 Å². The molecule has 0 aromatic heterocycles. The van der Waals surface area contributed by atoms with Crippen molar-refractivity contribution in [1.82, 2.24) is 0 Å². The Morgan fingerprint density at radius 3 is 0.962 bits per heavy atom. The van der Waals surface area contributed by atoms with E-state index in [4.69, 9.17) is 19.3 Å². The van der Waals surface area contributed by atoms with E-state index in [2.05, 4.69) is 0 Å². The van der Waals surface area contributed by atoms with Crippen molar-refractivity contribution in [3.8, 4) is 17.2 Å². The Hall–Kier alpha value is -1.94. The number of aryl methyl sites for hydroxylation is 3. The molecule has 0 aliphatic heterocycles. The first-order chi connectivity index (χ1) is 12.4. The molecule has 5 heteroatoms. The second-order valence-corrected chi connectivity index (χ2v) is 10.6. The molecule has 26 heavy (non-hydrogen) atoms. The Morgan fingerprint density at radius 2 is 0.731 bits per heavy atom. The van der Waals surface area contributed by atoms with Gasteiger partial charge in [-0.1, -0.05) is 0 Å². The SMILES string of the molecule is Cc1ccc([O][Ti]([Cl])([O]c2ccc(C)cc2)[O]c2ccc(C)cc2)cc1. The van der Waals surface area contributed by atoms with Crippen molar-refractivity contribution >= 4 is 9.30 Å². The summed E-state index contributed by atoms with van der Waals surface area (Å²) < 4.78 is 18.1. The molecule has 0 N–H and O–H groups in total. The van der Waals surface area contributed by atoms with E-state index in [0.717, 1.165) is 16.7 Å². The Balaban J connectivity index is 1.86. The summed E-state index contributed by atoms with van der Waals surface area (Å²) in [5.41, 5.74) is 3.43. The summed E-state index contributed by atoms with van der Waals surface area (Å²) in [5.74, 6) is 1.89. The number of hydrogen-bond acceptors (Lipinski definition) is 3. The van der Waals surface area contributed by atoms with Crippen LogP contribution >= 0.6 is 9.30 Å². The van der Waals surface area contributed by atoms with Gasteiger partial charge >= 0.3 is 163 Å². The second kappa shape index (κ2) is 8.17. The van der Waals surface area contributed by atoms with E-state index in [1.165, 1.54) is 0 Å². The summed E-state index contributed by atoms with van der Waals surface area (Å²) in [7, 11) is 6.78. The molecule has 0 saturated heterocycles. The van der Waals surface area contributed by atoms with Crippen molar-refractivity contribution in [3.05, 3.63) is 89.5 Å². The first-order valence-corrected chi connectivity index (χ1v) is 12.4. The molecule has 0 bridgehead atoms. The minimum absolute atomic E-state index is 0.629. The second-order valence-electron chi connectivity index (χ2n) is 6.23. The first-order valence-electron chi connectivity index (χ1n) is 8.38. The maximum atomic E-state index is 6.78. The normalized spacial score (nSPS) is 11.1. The van der Waals surface area contributed by atoms with Gasteiger partial charge in [-0.15, -0.1) is 0 Å². The molecule has 0 atom stereocenters. The third kappa shape index (κ3) is 5.28. The standard InChI is InChI=1S/3C7H8O.ClH.Ti/c3*1-6-2-4-7(8)5-3-6;;/h3*2-5,8H,1H3;1H;/q;;;;+4/p-4. The van der Waals surface area contributed by atoms with Crippen LogP contribution in [-0.4, -0.2) is 0 Å². The average molecular weight is 405 g/mol. The fourth-order valence-electron chi connectivity index (χ4n) is 2.30. The molecule has 0 amide bonds. The third-order valence-corrected chi connectivity index (χ3v) is 6.98. The van der Waals surface area contributed by atoms with Gasteiger partial charge in [0.15, 0.2) is 0 Å². The predicted octanol–water partition coefficient (Wildman–Crippen LogP) is 6.20. The molecule has 0 fully saturated rings. The maximum absolute atomic E-state index is 6.78. The van der Waals surface area contributed by atoms with Crippen LogP contribution < -0.4 is 9.96 Å². The molecular formula is C21H21ClO3Ti. The van der Waals surface area contributed by atoms with E-state index in [1.54, 1.807) is 0 Å². The van der Waals surface area contributed by atoms with Gasteiger partial charge in [0, 0.05) is 0 Å². The summed E-state index contributed by atoms with van der Waals surface area (Å²) in [4.78, 5) is 0. The zero-order valence-corrected chi connectivity index (χ0v) is 17.3. The van der Waals surface area contributed by atoms with Gasteiger partial charge in [-0.2, -0.15) is 0 Å². The van der Waals surface area contributed by atoms with Crippen LogP contribution in [0.15, 0.2) is 72.8 Å². The van der Waals surface area contributed by atoms with Crippen LogP contribution in [0.2, 0.25) is 0 Å². The molecule has 3 aromatic carbocycles. The average Bonchev–Trinajstić information content (AvgIpc) is 2.61. The molecule has 0 radical (unpaired) electrons. The van der Waals surface area contributed by atoms with E-state index in [-0.39, 0.29) is 0 Å². The van der Waals surface area contributed by atoms with Crippen LogP contribution in [0.25, 0.3) is 0 Å². The fourth-order valence-corrected chi connectivity index (χ4v) is 5.56. The Labute approximate surface area is 163 Å². The van der Waals surface area contributed by atoms with Gasteiger partial charge in [0.25, 0.3) is 0 Å². The molecule has 134 valence electrons. The van der Waals surface area contributed by atoms with Crippen LogP contribution in [0.3, 0.4) is 0 Å². The van der Waals surface area contributed by atoms with Crippen LogP contribution in [-0.2, 0) is 16.7 Å². The van der Waals surface area contributed by atoms with Crippen LogP contribution in [0.5, 0.6) is 17.2 Å². The van der Waals surface area contributed by atoms with Crippen LogP contribution in [0.4, 0.5) is 0 Å². The molecule has 3 rings (SSSR count). The number of benzene rings is 3. The van der Waals surface area contributed by atoms with E-state index in [1.807, 2.05) is 93.6 Å². The summed E-state index contributed by atoms with van der Waals surface area (Å²) in [5, 5.41) is 0. The van der Waals surface area contributed by atoms with Crippen molar-refractivity contribution in [2.24, 2.45) is 0 Å². The predicted molar refractivity (Wildman–Crippen MR) is 101 cm³/mol. The van der Waals surface area contributed by atoms with E-state index in [9.17, 15) is 0 Å². The molecule has 3 nitrogen and oxygen atoms in total. The zero-order chi connectivity index (χ0) is 18.6. The monoisotopic (exact) mass is 404 g/mol. The van der Waals surface area contributed by atoms with Gasteiger partial charge in [-0.25, -0.2) is 0 Å². The molecular weight excluding hydrogens is 384 g/mol. The van der Waals surface area contributed by atoms with Gasteiger partial charge < -0.3 is 0 Å². The molecule has 0 aliphatic carbocycles. The molecule has 3 aromatic rings. The number of rotatable bonds is 6. The molecule has 0 unspecified atom stereocenters. The Morgan fingerprint density at radius 1 is 0.500 bits per heavy atom. The fraction of sp³-hybridized carbons (Fsp3) is 0.143. The van der Waals surface area contributed by atoms with Crippen molar-refractivity contribution in [3.63, 3.8) is 0 Å². The number of hydrogen-bond donors (Lipinski definition) is 0. The Kier molecular flexibility index (Phi) is 5.92. The number of halogens is 1. The Bertz CT molecular complexity index is 730. The molecule has 0 saturated carbocycles. The van der Waals surface area contributed by atoms with Crippen LogP contribution in [0, 0.1) is 20.8 Å². The molecule has 0 spiro atoms. The molecule has 0 heterocycles. The topological polar surface area (TPSA) is 27.7 Å². The minimum atomic E-state index is -4.15. The van der Waals surface area contributed by atoms with Crippen molar-refractivity contribution in [2.45, 2.75) is 20.8 Å². The van der Waals surface area contributed by atoms with Gasteiger partial charge in [0.1, 0.15) is 0 Å². The summed E-state index contributed by atoms with van der Waals surface area (Å²) in [6.07, 6.45) is 0. The van der Waals surface area contributed by atoms with Crippen LogP contribution in [0.1, 0.15) is 16.7 Å². The van der Waals surface area contributed by atoms with Crippen molar-refractivity contribution < 1.29 is 26.6 Å².